The molecule has 3 heterocycles. The van der Waals surface area contributed by atoms with Gasteiger partial charge in [-0.25, -0.2) is 9.37 Å². The first-order valence-electron chi connectivity index (χ1n) is 6.94. The molecule has 4 aromatic rings. The minimum Gasteiger partial charge on any atom is -0.346 e. The highest BCUT2D eigenvalue weighted by atomic mass is 19.1. The fourth-order valence-corrected chi connectivity index (χ4v) is 2.70. The number of benzene rings is 1. The number of aromatic amines is 1. The van der Waals surface area contributed by atoms with Crippen LogP contribution < -0.4 is 0 Å². The van der Waals surface area contributed by atoms with Crippen LogP contribution in [0.3, 0.4) is 0 Å². The molecule has 0 amide bonds. The number of pyridine rings is 1. The first-order valence-corrected chi connectivity index (χ1v) is 6.94. The lowest BCUT2D eigenvalue weighted by atomic mass is 10.0. The van der Waals surface area contributed by atoms with Crippen LogP contribution in [0.5, 0.6) is 0 Å². The third-order valence-corrected chi connectivity index (χ3v) is 3.70. The first-order chi connectivity index (χ1) is 10.7. The zero-order valence-electron chi connectivity index (χ0n) is 11.9. The van der Waals surface area contributed by atoms with E-state index in [0.29, 0.717) is 0 Å². The summed E-state index contributed by atoms with van der Waals surface area (Å²) >= 11 is 0. The van der Waals surface area contributed by atoms with Crippen LogP contribution in [-0.4, -0.2) is 19.7 Å². The van der Waals surface area contributed by atoms with Crippen LogP contribution in [0.15, 0.2) is 55.0 Å². The molecule has 0 unspecified atom stereocenters. The Labute approximate surface area is 126 Å². The molecule has 0 bridgehead atoms. The average Bonchev–Trinajstić information content (AvgIpc) is 3.14. The quantitative estimate of drug-likeness (QED) is 0.611. The summed E-state index contributed by atoms with van der Waals surface area (Å²) < 4.78 is 14.9. The van der Waals surface area contributed by atoms with Gasteiger partial charge < -0.3 is 4.98 Å². The first kappa shape index (κ1) is 12.8. The van der Waals surface area contributed by atoms with E-state index in [2.05, 4.69) is 15.1 Å². The second-order valence-electron chi connectivity index (χ2n) is 5.17. The van der Waals surface area contributed by atoms with Crippen molar-refractivity contribution in [1.29, 1.82) is 0 Å². The molecule has 0 atom stereocenters. The summed E-state index contributed by atoms with van der Waals surface area (Å²) in [4.78, 5) is 7.43. The number of rotatable bonds is 2. The van der Waals surface area contributed by atoms with Crippen molar-refractivity contribution in [2.45, 2.75) is 0 Å². The Bertz CT molecular complexity index is 950. The molecule has 0 aliphatic heterocycles. The van der Waals surface area contributed by atoms with Gasteiger partial charge in [0.15, 0.2) is 0 Å². The van der Waals surface area contributed by atoms with E-state index in [1.807, 2.05) is 31.6 Å². The summed E-state index contributed by atoms with van der Waals surface area (Å²) in [5.41, 5.74) is 4.61. The Morgan fingerprint density at radius 3 is 2.68 bits per heavy atom. The molecule has 1 N–H and O–H groups in total. The summed E-state index contributed by atoms with van der Waals surface area (Å²) in [5, 5.41) is 5.58. The van der Waals surface area contributed by atoms with Gasteiger partial charge in [-0.15, -0.1) is 0 Å². The van der Waals surface area contributed by atoms with Crippen LogP contribution in [0.1, 0.15) is 0 Å². The predicted molar refractivity (Wildman–Crippen MR) is 83.7 cm³/mol. The molecule has 4 rings (SSSR count). The van der Waals surface area contributed by atoms with Crippen molar-refractivity contribution < 1.29 is 4.39 Å². The lowest BCUT2D eigenvalue weighted by Gasteiger charge is -2.04. The molecule has 0 fully saturated rings. The predicted octanol–water partition coefficient (Wildman–Crippen LogP) is 3.77. The number of hydrogen-bond acceptors (Lipinski definition) is 2. The fraction of sp³-hybridized carbons (Fsp3) is 0.0588. The summed E-state index contributed by atoms with van der Waals surface area (Å²) in [6.07, 6.45) is 5.62. The van der Waals surface area contributed by atoms with Crippen molar-refractivity contribution in [2.75, 3.05) is 0 Å². The largest absolute Gasteiger partial charge is 0.346 e. The lowest BCUT2D eigenvalue weighted by Crippen LogP contribution is -1.88. The highest BCUT2D eigenvalue weighted by molar-refractivity contribution is 5.96. The van der Waals surface area contributed by atoms with Crippen molar-refractivity contribution in [3.63, 3.8) is 0 Å². The maximum absolute atomic E-state index is 13.2. The van der Waals surface area contributed by atoms with Crippen LogP contribution in [0.2, 0.25) is 0 Å². The second-order valence-corrected chi connectivity index (χ2v) is 5.17. The molecule has 22 heavy (non-hydrogen) atoms. The number of halogens is 1. The van der Waals surface area contributed by atoms with Crippen LogP contribution in [0, 0.1) is 5.82 Å². The van der Waals surface area contributed by atoms with Gasteiger partial charge in [-0.3, -0.25) is 4.68 Å². The zero-order valence-corrected chi connectivity index (χ0v) is 11.9. The van der Waals surface area contributed by atoms with E-state index in [4.69, 9.17) is 0 Å². The molecule has 3 aromatic heterocycles. The molecule has 1 aromatic carbocycles. The highest BCUT2D eigenvalue weighted by Gasteiger charge is 2.15. The Balaban J connectivity index is 1.96. The van der Waals surface area contributed by atoms with Gasteiger partial charge in [0, 0.05) is 42.2 Å². The maximum Gasteiger partial charge on any atom is 0.137 e. The third kappa shape index (κ3) is 1.98. The molecular formula is C17H13FN4. The van der Waals surface area contributed by atoms with Gasteiger partial charge in [-0.1, -0.05) is 0 Å². The molecule has 0 aliphatic carbocycles. The number of nitrogens with zero attached hydrogens (tertiary/aromatic N) is 3. The van der Waals surface area contributed by atoms with Crippen LogP contribution in [-0.2, 0) is 7.05 Å². The van der Waals surface area contributed by atoms with E-state index in [1.165, 1.54) is 12.1 Å². The van der Waals surface area contributed by atoms with Gasteiger partial charge in [-0.05, 0) is 42.0 Å². The number of nitrogens with one attached hydrogen (secondary N) is 1. The van der Waals surface area contributed by atoms with Gasteiger partial charge in [0.25, 0.3) is 0 Å². The van der Waals surface area contributed by atoms with Gasteiger partial charge in [0.05, 0.1) is 0 Å². The average molecular weight is 292 g/mol. The Morgan fingerprint density at radius 1 is 1.05 bits per heavy atom. The van der Waals surface area contributed by atoms with Crippen molar-refractivity contribution in [3.8, 4) is 22.4 Å². The van der Waals surface area contributed by atoms with Gasteiger partial charge in [0.1, 0.15) is 17.2 Å². The monoisotopic (exact) mass is 292 g/mol. The Kier molecular flexibility index (Phi) is 2.79. The highest BCUT2D eigenvalue weighted by Crippen LogP contribution is 2.34. The molecular weight excluding hydrogens is 279 g/mol. The number of hydrogen-bond donors (Lipinski definition) is 1. The summed E-state index contributed by atoms with van der Waals surface area (Å²) in [6, 6.07) is 10.4. The summed E-state index contributed by atoms with van der Waals surface area (Å²) in [6.45, 7) is 0. The summed E-state index contributed by atoms with van der Waals surface area (Å²) in [5.74, 6) is -0.252. The van der Waals surface area contributed by atoms with Crippen LogP contribution in [0.4, 0.5) is 4.39 Å². The third-order valence-electron chi connectivity index (χ3n) is 3.70. The lowest BCUT2D eigenvalue weighted by molar-refractivity contribution is 0.628. The SMILES string of the molecule is Cn1cc(-c2ccnc3[nH]ccc23)c(-c2ccc(F)cc2)n1. The van der Waals surface area contributed by atoms with Crippen molar-refractivity contribution in [2.24, 2.45) is 7.05 Å². The number of aryl methyl sites for hydroxylation is 1. The molecule has 5 heteroatoms. The minimum atomic E-state index is -0.252. The van der Waals surface area contributed by atoms with Crippen molar-refractivity contribution in [1.82, 2.24) is 19.7 Å². The molecule has 0 saturated heterocycles. The van der Waals surface area contributed by atoms with Gasteiger partial charge in [0.2, 0.25) is 0 Å². The topological polar surface area (TPSA) is 46.5 Å². The van der Waals surface area contributed by atoms with E-state index < -0.39 is 0 Å². The van der Waals surface area contributed by atoms with E-state index in [1.54, 1.807) is 23.0 Å². The number of aromatic nitrogens is 4. The van der Waals surface area contributed by atoms with E-state index in [0.717, 1.165) is 33.4 Å². The zero-order chi connectivity index (χ0) is 15.1. The van der Waals surface area contributed by atoms with E-state index in [-0.39, 0.29) is 5.82 Å². The maximum atomic E-state index is 13.2. The Morgan fingerprint density at radius 2 is 1.86 bits per heavy atom. The standard InChI is InChI=1S/C17H13FN4/c1-22-10-15(13-6-8-19-17-14(13)7-9-20-17)16(21-22)11-2-4-12(18)5-3-11/h2-10H,1H3,(H,19,20). The Hall–Kier alpha value is -2.95. The molecule has 4 nitrogen and oxygen atoms in total. The second kappa shape index (κ2) is 4.80. The van der Waals surface area contributed by atoms with Crippen molar-refractivity contribution in [3.05, 3.63) is 60.8 Å². The van der Waals surface area contributed by atoms with E-state index in [9.17, 15) is 4.39 Å². The van der Waals surface area contributed by atoms with Crippen LogP contribution in [0.25, 0.3) is 33.4 Å². The van der Waals surface area contributed by atoms with Gasteiger partial charge >= 0.3 is 0 Å². The molecule has 0 spiro atoms. The molecule has 108 valence electrons. The summed E-state index contributed by atoms with van der Waals surface area (Å²) in [7, 11) is 1.88. The number of fused-ring (bicyclic) bond motifs is 1. The van der Waals surface area contributed by atoms with E-state index >= 15 is 0 Å². The van der Waals surface area contributed by atoms with Crippen LogP contribution >= 0.6 is 0 Å². The normalized spacial score (nSPS) is 11.2. The number of H-pyrrole nitrogens is 1. The van der Waals surface area contributed by atoms with Crippen molar-refractivity contribution >= 4 is 11.0 Å². The smallest absolute Gasteiger partial charge is 0.137 e. The fourth-order valence-electron chi connectivity index (χ4n) is 2.70. The minimum absolute atomic E-state index is 0.252. The molecule has 0 radical (unpaired) electrons. The molecule has 0 saturated carbocycles. The van der Waals surface area contributed by atoms with Gasteiger partial charge in [-0.2, -0.15) is 5.10 Å². The molecule has 0 aliphatic rings.